The van der Waals surface area contributed by atoms with Gasteiger partial charge < -0.3 is 10.2 Å². The molecule has 2 N–H and O–H groups in total. The lowest BCUT2D eigenvalue weighted by molar-refractivity contribution is 0.0343. The van der Waals surface area contributed by atoms with E-state index in [2.05, 4.69) is 15.9 Å². The summed E-state index contributed by atoms with van der Waals surface area (Å²) in [5.74, 6) is 0. The summed E-state index contributed by atoms with van der Waals surface area (Å²) >= 11 is 9.00. The first-order valence-electron chi connectivity index (χ1n) is 4.24. The maximum absolute atomic E-state index is 9.67. The van der Waals surface area contributed by atoms with Crippen molar-refractivity contribution in [2.75, 3.05) is 5.33 Å². The summed E-state index contributed by atoms with van der Waals surface area (Å²) in [5, 5.41) is 20.0. The van der Waals surface area contributed by atoms with Crippen LogP contribution in [0.4, 0.5) is 0 Å². The van der Waals surface area contributed by atoms with Gasteiger partial charge in [-0.15, -0.1) is 0 Å². The van der Waals surface area contributed by atoms with E-state index in [1.807, 2.05) is 13.0 Å². The highest BCUT2D eigenvalue weighted by Gasteiger charge is 2.17. The Hall–Kier alpha value is -0.0900. The molecule has 1 aromatic rings. The van der Waals surface area contributed by atoms with E-state index in [9.17, 15) is 10.2 Å². The zero-order valence-corrected chi connectivity index (χ0v) is 10.1. The highest BCUT2D eigenvalue weighted by molar-refractivity contribution is 9.09. The Kier molecular flexibility index (Phi) is 4.38. The standard InChI is InChI=1S/C10H12BrClO2/c1-6-2-3-7(4-8(6)12)10(14)9(13)5-11/h2-4,9-10,13-14H,5H2,1H3. The van der Waals surface area contributed by atoms with Crippen LogP contribution >= 0.6 is 27.5 Å². The SMILES string of the molecule is Cc1ccc(C(O)C(O)CBr)cc1Cl. The molecule has 0 saturated carbocycles. The summed E-state index contributed by atoms with van der Waals surface area (Å²) in [6.45, 7) is 1.89. The van der Waals surface area contributed by atoms with E-state index in [0.29, 0.717) is 15.9 Å². The van der Waals surface area contributed by atoms with Gasteiger partial charge in [0.25, 0.3) is 0 Å². The highest BCUT2D eigenvalue weighted by Crippen LogP contribution is 2.23. The van der Waals surface area contributed by atoms with E-state index in [4.69, 9.17) is 11.6 Å². The minimum Gasteiger partial charge on any atom is -0.389 e. The first-order valence-corrected chi connectivity index (χ1v) is 5.74. The lowest BCUT2D eigenvalue weighted by atomic mass is 10.0. The summed E-state index contributed by atoms with van der Waals surface area (Å²) in [7, 11) is 0. The van der Waals surface area contributed by atoms with Gasteiger partial charge in [0.15, 0.2) is 0 Å². The molecule has 4 heteroatoms. The molecule has 0 radical (unpaired) electrons. The van der Waals surface area contributed by atoms with Crippen molar-refractivity contribution in [1.29, 1.82) is 0 Å². The van der Waals surface area contributed by atoms with Gasteiger partial charge in [-0.25, -0.2) is 0 Å². The minimum atomic E-state index is -0.896. The fraction of sp³-hybridized carbons (Fsp3) is 0.400. The first kappa shape index (κ1) is 12.0. The third kappa shape index (κ3) is 2.70. The summed E-state index contributed by atoms with van der Waals surface area (Å²) in [5.41, 5.74) is 1.59. The fourth-order valence-corrected chi connectivity index (χ4v) is 1.64. The molecule has 0 aliphatic carbocycles. The normalized spacial score (nSPS) is 15.2. The van der Waals surface area contributed by atoms with Gasteiger partial charge in [0.05, 0.1) is 6.10 Å². The van der Waals surface area contributed by atoms with Crippen LogP contribution in [0.2, 0.25) is 5.02 Å². The molecule has 1 aromatic carbocycles. The second-order valence-electron chi connectivity index (χ2n) is 3.18. The van der Waals surface area contributed by atoms with Crippen LogP contribution in [0.1, 0.15) is 17.2 Å². The van der Waals surface area contributed by atoms with Gasteiger partial charge in [-0.1, -0.05) is 39.7 Å². The number of hydrogen-bond donors (Lipinski definition) is 2. The van der Waals surface area contributed by atoms with Gasteiger partial charge in [0.2, 0.25) is 0 Å². The van der Waals surface area contributed by atoms with Crippen molar-refractivity contribution in [3.05, 3.63) is 34.3 Å². The average molecular weight is 280 g/mol. The Labute approximate surface area is 96.7 Å². The minimum absolute atomic E-state index is 0.333. The molecule has 2 unspecified atom stereocenters. The number of alkyl halides is 1. The van der Waals surface area contributed by atoms with Gasteiger partial charge >= 0.3 is 0 Å². The lowest BCUT2D eigenvalue weighted by Gasteiger charge is -2.16. The molecule has 0 amide bonds. The molecule has 0 saturated heterocycles. The van der Waals surface area contributed by atoms with Crippen LogP contribution < -0.4 is 0 Å². The largest absolute Gasteiger partial charge is 0.389 e. The van der Waals surface area contributed by atoms with Crippen molar-refractivity contribution < 1.29 is 10.2 Å². The van der Waals surface area contributed by atoms with Gasteiger partial charge in [0, 0.05) is 10.4 Å². The smallest absolute Gasteiger partial charge is 0.106 e. The fourth-order valence-electron chi connectivity index (χ4n) is 1.10. The zero-order chi connectivity index (χ0) is 10.7. The summed E-state index contributed by atoms with van der Waals surface area (Å²) < 4.78 is 0. The van der Waals surface area contributed by atoms with Crippen molar-refractivity contribution in [1.82, 2.24) is 0 Å². The highest BCUT2D eigenvalue weighted by atomic mass is 79.9. The second kappa shape index (κ2) is 5.12. The number of aliphatic hydroxyl groups excluding tert-OH is 2. The predicted molar refractivity (Wildman–Crippen MR) is 60.9 cm³/mol. The first-order chi connectivity index (χ1) is 6.56. The molecule has 1 rings (SSSR count). The van der Waals surface area contributed by atoms with E-state index in [1.165, 1.54) is 0 Å². The summed E-state index contributed by atoms with van der Waals surface area (Å²) in [6.07, 6.45) is -1.71. The Morgan fingerprint density at radius 2 is 2.07 bits per heavy atom. The van der Waals surface area contributed by atoms with Crippen LogP contribution in [0.3, 0.4) is 0 Å². The summed E-state index contributed by atoms with van der Waals surface area (Å²) in [6, 6.07) is 5.26. The molecule has 0 fully saturated rings. The number of aryl methyl sites for hydroxylation is 1. The number of halogens is 2. The zero-order valence-electron chi connectivity index (χ0n) is 7.74. The molecular weight excluding hydrogens is 267 g/mol. The maximum atomic E-state index is 9.67. The predicted octanol–water partition coefficient (Wildman–Crippen LogP) is 2.44. The molecule has 14 heavy (non-hydrogen) atoms. The molecule has 2 atom stereocenters. The van der Waals surface area contributed by atoms with Crippen LogP contribution in [0.25, 0.3) is 0 Å². The van der Waals surface area contributed by atoms with Crippen LogP contribution in [0, 0.1) is 6.92 Å². The lowest BCUT2D eigenvalue weighted by Crippen LogP contribution is -2.19. The Balaban J connectivity index is 2.91. The van der Waals surface area contributed by atoms with E-state index in [-0.39, 0.29) is 0 Å². The Bertz CT molecular complexity index is 317. The number of aliphatic hydroxyl groups is 2. The Morgan fingerprint density at radius 1 is 1.43 bits per heavy atom. The molecule has 0 aromatic heterocycles. The maximum Gasteiger partial charge on any atom is 0.106 e. The van der Waals surface area contributed by atoms with Gasteiger partial charge in [-0.3, -0.25) is 0 Å². The summed E-state index contributed by atoms with van der Waals surface area (Å²) in [4.78, 5) is 0. The Morgan fingerprint density at radius 3 is 2.57 bits per heavy atom. The molecule has 0 heterocycles. The topological polar surface area (TPSA) is 40.5 Å². The molecule has 78 valence electrons. The van der Waals surface area contributed by atoms with E-state index in [0.717, 1.165) is 5.56 Å². The molecular formula is C10H12BrClO2. The van der Waals surface area contributed by atoms with Crippen molar-refractivity contribution >= 4 is 27.5 Å². The van der Waals surface area contributed by atoms with Crippen molar-refractivity contribution in [3.63, 3.8) is 0 Å². The van der Waals surface area contributed by atoms with E-state index >= 15 is 0 Å². The van der Waals surface area contributed by atoms with Crippen LogP contribution in [-0.4, -0.2) is 21.6 Å². The third-order valence-electron chi connectivity index (χ3n) is 2.06. The van der Waals surface area contributed by atoms with Crippen LogP contribution in [0.5, 0.6) is 0 Å². The number of rotatable bonds is 3. The average Bonchev–Trinajstić information content (AvgIpc) is 2.20. The van der Waals surface area contributed by atoms with Crippen molar-refractivity contribution in [2.45, 2.75) is 19.1 Å². The number of benzene rings is 1. The molecule has 2 nitrogen and oxygen atoms in total. The molecule has 0 bridgehead atoms. The number of hydrogen-bond acceptors (Lipinski definition) is 2. The van der Waals surface area contributed by atoms with Gasteiger partial charge in [-0.05, 0) is 24.1 Å². The van der Waals surface area contributed by atoms with Gasteiger partial charge in [0.1, 0.15) is 6.10 Å². The molecule has 0 aliphatic heterocycles. The van der Waals surface area contributed by atoms with Crippen LogP contribution in [-0.2, 0) is 0 Å². The molecule has 0 aliphatic rings. The monoisotopic (exact) mass is 278 g/mol. The van der Waals surface area contributed by atoms with E-state index < -0.39 is 12.2 Å². The third-order valence-corrected chi connectivity index (χ3v) is 3.13. The van der Waals surface area contributed by atoms with Crippen molar-refractivity contribution in [2.24, 2.45) is 0 Å². The second-order valence-corrected chi connectivity index (χ2v) is 4.23. The molecule has 0 spiro atoms. The van der Waals surface area contributed by atoms with Gasteiger partial charge in [-0.2, -0.15) is 0 Å². The van der Waals surface area contributed by atoms with Crippen LogP contribution in [0.15, 0.2) is 18.2 Å². The van der Waals surface area contributed by atoms with Crippen molar-refractivity contribution in [3.8, 4) is 0 Å². The quantitative estimate of drug-likeness (QED) is 0.834. The van der Waals surface area contributed by atoms with E-state index in [1.54, 1.807) is 12.1 Å².